The summed E-state index contributed by atoms with van der Waals surface area (Å²) >= 11 is 11.9. The number of unbranched alkanes of at least 4 members (excludes halogenated alkanes) is 1. The van der Waals surface area contributed by atoms with Gasteiger partial charge in [-0.1, -0.05) is 62.4 Å². The van der Waals surface area contributed by atoms with E-state index >= 15 is 0 Å². The predicted octanol–water partition coefficient (Wildman–Crippen LogP) is 4.87. The Morgan fingerprint density at radius 1 is 1.28 bits per heavy atom. The number of nitrogens with zero attached hydrogens (tertiary/aromatic N) is 1. The fourth-order valence-electron chi connectivity index (χ4n) is 3.67. The summed E-state index contributed by atoms with van der Waals surface area (Å²) in [6.07, 6.45) is 5.87. The van der Waals surface area contributed by atoms with Crippen molar-refractivity contribution in [2.75, 3.05) is 19.6 Å². The molecule has 2 atom stereocenters. The lowest BCUT2D eigenvalue weighted by atomic mass is 9.96. The zero-order chi connectivity index (χ0) is 21.4. The topological polar surface area (TPSA) is 66.5 Å². The lowest BCUT2D eigenvalue weighted by Crippen LogP contribution is -2.46. The van der Waals surface area contributed by atoms with Crippen molar-refractivity contribution < 1.29 is 13.2 Å². The molecule has 0 radical (unpaired) electrons. The van der Waals surface area contributed by atoms with Crippen LogP contribution in [-0.4, -0.2) is 38.3 Å². The Balaban J connectivity index is 1.94. The molecule has 1 heterocycles. The van der Waals surface area contributed by atoms with E-state index in [1.807, 2.05) is 0 Å². The van der Waals surface area contributed by atoms with Gasteiger partial charge < -0.3 is 5.32 Å². The molecule has 164 valence electrons. The van der Waals surface area contributed by atoms with E-state index in [9.17, 15) is 13.2 Å². The van der Waals surface area contributed by atoms with Crippen molar-refractivity contribution in [1.82, 2.24) is 9.62 Å². The minimum Gasteiger partial charge on any atom is -0.356 e. The van der Waals surface area contributed by atoms with Gasteiger partial charge in [0.15, 0.2) is 0 Å². The molecule has 0 aliphatic carbocycles. The molecule has 0 spiro atoms. The zero-order valence-corrected chi connectivity index (χ0v) is 19.6. The number of carbonyl (C=O) groups excluding carboxylic acids is 1. The first-order chi connectivity index (χ1) is 13.8. The summed E-state index contributed by atoms with van der Waals surface area (Å²) in [5, 5.41) is 3.79. The summed E-state index contributed by atoms with van der Waals surface area (Å²) < 4.78 is 27.2. The van der Waals surface area contributed by atoms with Crippen LogP contribution in [0.4, 0.5) is 0 Å². The molecule has 1 aliphatic rings. The van der Waals surface area contributed by atoms with Crippen LogP contribution in [0.1, 0.15) is 57.9 Å². The molecule has 1 saturated heterocycles. The van der Waals surface area contributed by atoms with Crippen LogP contribution in [0.3, 0.4) is 0 Å². The van der Waals surface area contributed by atoms with Crippen molar-refractivity contribution in [3.05, 3.63) is 33.8 Å². The van der Waals surface area contributed by atoms with E-state index < -0.39 is 10.0 Å². The van der Waals surface area contributed by atoms with Crippen LogP contribution < -0.4 is 5.32 Å². The molecule has 8 heteroatoms. The molecule has 29 heavy (non-hydrogen) atoms. The first-order valence-corrected chi connectivity index (χ1v) is 12.8. The van der Waals surface area contributed by atoms with Gasteiger partial charge in [0, 0.05) is 19.6 Å². The normalized spacial score (nSPS) is 19.1. The number of piperidine rings is 1. The number of nitrogens with one attached hydrogen (secondary N) is 1. The highest BCUT2D eigenvalue weighted by atomic mass is 35.5. The number of hydrogen-bond acceptors (Lipinski definition) is 3. The summed E-state index contributed by atoms with van der Waals surface area (Å²) in [6.45, 7) is 5.66. The average molecular weight is 463 g/mol. The van der Waals surface area contributed by atoms with Gasteiger partial charge in [-0.05, 0) is 42.9 Å². The second kappa shape index (κ2) is 11.5. The van der Waals surface area contributed by atoms with Crippen molar-refractivity contribution in [3.63, 3.8) is 0 Å². The number of amides is 1. The highest BCUT2D eigenvalue weighted by Gasteiger charge is 2.32. The van der Waals surface area contributed by atoms with E-state index in [2.05, 4.69) is 19.2 Å². The molecular formula is C21H32Cl2N2O3S. The maximum absolute atomic E-state index is 12.9. The van der Waals surface area contributed by atoms with Crippen LogP contribution >= 0.6 is 23.2 Å². The Morgan fingerprint density at radius 3 is 2.69 bits per heavy atom. The summed E-state index contributed by atoms with van der Waals surface area (Å²) in [6, 6.07) is 4.85. The van der Waals surface area contributed by atoms with Gasteiger partial charge in [-0.25, -0.2) is 12.7 Å². The highest BCUT2D eigenvalue weighted by Crippen LogP contribution is 2.26. The average Bonchev–Trinajstić information content (AvgIpc) is 2.70. The van der Waals surface area contributed by atoms with Gasteiger partial charge in [0.2, 0.25) is 15.9 Å². The van der Waals surface area contributed by atoms with Crippen molar-refractivity contribution in [2.24, 2.45) is 11.8 Å². The Kier molecular flexibility index (Phi) is 9.73. The van der Waals surface area contributed by atoms with Crippen molar-refractivity contribution in [1.29, 1.82) is 0 Å². The van der Waals surface area contributed by atoms with E-state index in [0.29, 0.717) is 41.0 Å². The number of benzene rings is 1. The molecule has 0 saturated carbocycles. The van der Waals surface area contributed by atoms with E-state index in [1.165, 1.54) is 10.7 Å². The molecule has 0 bridgehead atoms. The van der Waals surface area contributed by atoms with Crippen LogP contribution in [0.15, 0.2) is 18.2 Å². The third kappa shape index (κ3) is 7.42. The van der Waals surface area contributed by atoms with E-state index in [1.54, 1.807) is 18.2 Å². The molecule has 1 fully saturated rings. The quantitative estimate of drug-likeness (QED) is 0.539. The molecule has 1 aromatic carbocycles. The molecule has 2 rings (SSSR count). The third-order valence-corrected chi connectivity index (χ3v) is 8.15. The fourth-order valence-corrected chi connectivity index (χ4v) is 5.59. The standard InChI is InChI=1S/C21H32Cl2N2O3S/c1-3-5-7-16(4-2)13-24-21(26)18-8-6-11-25(14-18)29(27,28)15-17-9-10-19(22)20(23)12-17/h9-10,12,16,18H,3-8,11,13-15H2,1-2H3,(H,24,26)/t16-,18-/m0/s1. The molecular weight excluding hydrogens is 431 g/mol. The molecule has 1 aromatic rings. The van der Waals surface area contributed by atoms with E-state index in [-0.39, 0.29) is 24.1 Å². The Morgan fingerprint density at radius 2 is 2.03 bits per heavy atom. The Hall–Kier alpha value is -0.820. The van der Waals surface area contributed by atoms with Gasteiger partial charge in [0.1, 0.15) is 0 Å². The predicted molar refractivity (Wildman–Crippen MR) is 120 cm³/mol. The first kappa shape index (κ1) is 24.4. The molecule has 1 N–H and O–H groups in total. The number of rotatable bonds is 10. The number of halogens is 2. The van der Waals surface area contributed by atoms with Crippen molar-refractivity contribution in [2.45, 2.75) is 58.1 Å². The van der Waals surface area contributed by atoms with Gasteiger partial charge in [-0.15, -0.1) is 0 Å². The Bertz CT molecular complexity index is 786. The molecule has 5 nitrogen and oxygen atoms in total. The summed E-state index contributed by atoms with van der Waals surface area (Å²) in [5.41, 5.74) is 0.590. The maximum Gasteiger partial charge on any atom is 0.224 e. The summed E-state index contributed by atoms with van der Waals surface area (Å²) in [7, 11) is -3.53. The molecule has 1 aliphatic heterocycles. The number of carbonyl (C=O) groups is 1. The molecule has 0 aromatic heterocycles. The zero-order valence-electron chi connectivity index (χ0n) is 17.3. The smallest absolute Gasteiger partial charge is 0.224 e. The van der Waals surface area contributed by atoms with Crippen LogP contribution in [0.2, 0.25) is 10.0 Å². The third-order valence-electron chi connectivity index (χ3n) is 5.59. The number of hydrogen-bond donors (Lipinski definition) is 1. The molecule has 0 unspecified atom stereocenters. The summed E-state index contributed by atoms with van der Waals surface area (Å²) in [5.74, 6) is 0.00930. The molecule has 1 amide bonds. The van der Waals surface area contributed by atoms with Crippen molar-refractivity contribution >= 4 is 39.1 Å². The second-order valence-electron chi connectivity index (χ2n) is 7.86. The van der Waals surface area contributed by atoms with Gasteiger partial charge in [-0.3, -0.25) is 4.79 Å². The van der Waals surface area contributed by atoms with Crippen LogP contribution in [-0.2, 0) is 20.6 Å². The second-order valence-corrected chi connectivity index (χ2v) is 10.6. The lowest BCUT2D eigenvalue weighted by molar-refractivity contribution is -0.126. The maximum atomic E-state index is 12.9. The SMILES string of the molecule is CCCC[C@H](CC)CNC(=O)[C@H]1CCCN(S(=O)(=O)Cc2ccc(Cl)c(Cl)c2)C1. The first-order valence-electron chi connectivity index (χ1n) is 10.5. The summed E-state index contributed by atoms with van der Waals surface area (Å²) in [4.78, 5) is 12.6. The minimum absolute atomic E-state index is 0.0330. The largest absolute Gasteiger partial charge is 0.356 e. The van der Waals surface area contributed by atoms with Gasteiger partial charge >= 0.3 is 0 Å². The van der Waals surface area contributed by atoms with Crippen LogP contribution in [0, 0.1) is 11.8 Å². The monoisotopic (exact) mass is 462 g/mol. The van der Waals surface area contributed by atoms with E-state index in [4.69, 9.17) is 23.2 Å². The van der Waals surface area contributed by atoms with Crippen molar-refractivity contribution in [3.8, 4) is 0 Å². The lowest BCUT2D eigenvalue weighted by Gasteiger charge is -2.31. The van der Waals surface area contributed by atoms with Gasteiger partial charge in [0.25, 0.3) is 0 Å². The Labute approximate surface area is 185 Å². The minimum atomic E-state index is -3.53. The number of sulfonamides is 1. The van der Waals surface area contributed by atoms with E-state index in [0.717, 1.165) is 25.7 Å². The van der Waals surface area contributed by atoms with Gasteiger partial charge in [-0.2, -0.15) is 0 Å². The van der Waals surface area contributed by atoms with Crippen LogP contribution in [0.25, 0.3) is 0 Å². The van der Waals surface area contributed by atoms with Crippen LogP contribution in [0.5, 0.6) is 0 Å². The highest BCUT2D eigenvalue weighted by molar-refractivity contribution is 7.88. The van der Waals surface area contributed by atoms with Gasteiger partial charge in [0.05, 0.1) is 21.7 Å². The fraction of sp³-hybridized carbons (Fsp3) is 0.667.